The molecule has 0 fully saturated rings. The molecule has 1 aromatic heterocycles. The summed E-state index contributed by atoms with van der Waals surface area (Å²) >= 11 is 0. The van der Waals surface area contributed by atoms with Crippen LogP contribution in [-0.4, -0.2) is 9.78 Å². The molecule has 96 valence electrons. The first kappa shape index (κ1) is 12.7. The molecule has 3 nitrogen and oxygen atoms in total. The molecule has 0 N–H and O–H groups in total. The van der Waals surface area contributed by atoms with Crippen LogP contribution in [0.2, 0.25) is 0 Å². The lowest BCUT2D eigenvalue weighted by Gasteiger charge is -2.08. The third-order valence-corrected chi connectivity index (χ3v) is 3.11. The van der Waals surface area contributed by atoms with Crippen LogP contribution >= 0.6 is 0 Å². The summed E-state index contributed by atoms with van der Waals surface area (Å²) in [6, 6.07) is 10.5. The van der Waals surface area contributed by atoms with Crippen LogP contribution in [0.25, 0.3) is 0 Å². The summed E-state index contributed by atoms with van der Waals surface area (Å²) in [5.41, 5.74) is 2.21. The molecule has 0 aliphatic rings. The zero-order valence-electron chi connectivity index (χ0n) is 11.3. The van der Waals surface area contributed by atoms with Crippen molar-refractivity contribution in [1.29, 1.82) is 0 Å². The zero-order valence-corrected chi connectivity index (χ0v) is 11.3. The van der Waals surface area contributed by atoms with Gasteiger partial charge in [-0.3, -0.25) is 4.68 Å². The van der Waals surface area contributed by atoms with Gasteiger partial charge >= 0.3 is 0 Å². The van der Waals surface area contributed by atoms with Crippen LogP contribution in [0.15, 0.2) is 36.5 Å². The predicted octanol–water partition coefficient (Wildman–Crippen LogP) is 3.74. The molecule has 2 rings (SSSR count). The van der Waals surface area contributed by atoms with E-state index in [0.29, 0.717) is 12.6 Å². The lowest BCUT2D eigenvalue weighted by Crippen LogP contribution is -2.05. The maximum Gasteiger partial charge on any atom is 0.132 e. The van der Waals surface area contributed by atoms with Gasteiger partial charge in [0, 0.05) is 12.2 Å². The molecule has 0 aliphatic heterocycles. The second-order valence-electron chi connectivity index (χ2n) is 4.65. The summed E-state index contributed by atoms with van der Waals surface area (Å²) in [4.78, 5) is 0. The molecule has 1 unspecified atom stereocenters. The second-order valence-corrected chi connectivity index (χ2v) is 4.65. The molecule has 1 heterocycles. The van der Waals surface area contributed by atoms with E-state index in [9.17, 15) is 0 Å². The van der Waals surface area contributed by atoms with Crippen molar-refractivity contribution in [3.05, 3.63) is 47.8 Å². The molecular formula is C15H20N2O. The fraction of sp³-hybridized carbons (Fsp3) is 0.400. The first-order valence-corrected chi connectivity index (χ1v) is 6.42. The molecule has 2 aromatic rings. The quantitative estimate of drug-likeness (QED) is 0.801. The van der Waals surface area contributed by atoms with Crippen LogP contribution in [0.5, 0.6) is 5.75 Å². The third kappa shape index (κ3) is 3.13. The molecule has 1 aromatic carbocycles. The highest BCUT2D eigenvalue weighted by molar-refractivity contribution is 5.26. The van der Waals surface area contributed by atoms with Gasteiger partial charge in [0.2, 0.25) is 0 Å². The summed E-state index contributed by atoms with van der Waals surface area (Å²) in [5.74, 6) is 0.888. The summed E-state index contributed by atoms with van der Waals surface area (Å²) < 4.78 is 7.69. The Morgan fingerprint density at radius 2 is 1.94 bits per heavy atom. The SMILES string of the molecule is CCC(C)n1ccc(COc2ccc(C)cc2)n1. The minimum atomic E-state index is 0.443. The Hall–Kier alpha value is -1.77. The summed E-state index contributed by atoms with van der Waals surface area (Å²) in [7, 11) is 0. The average Bonchev–Trinajstić information content (AvgIpc) is 2.86. The Balaban J connectivity index is 1.94. The number of benzene rings is 1. The first-order valence-electron chi connectivity index (χ1n) is 6.42. The lowest BCUT2D eigenvalue weighted by molar-refractivity contribution is 0.298. The van der Waals surface area contributed by atoms with E-state index < -0.39 is 0 Å². The number of aromatic nitrogens is 2. The molecule has 0 bridgehead atoms. The highest BCUT2D eigenvalue weighted by atomic mass is 16.5. The van der Waals surface area contributed by atoms with Gasteiger partial charge in [0.05, 0.1) is 5.69 Å². The van der Waals surface area contributed by atoms with Crippen molar-refractivity contribution in [3.63, 3.8) is 0 Å². The van der Waals surface area contributed by atoms with Crippen LogP contribution in [0.1, 0.15) is 37.6 Å². The van der Waals surface area contributed by atoms with E-state index >= 15 is 0 Å². The van der Waals surface area contributed by atoms with Gasteiger partial charge in [0.25, 0.3) is 0 Å². The van der Waals surface area contributed by atoms with E-state index in [1.54, 1.807) is 0 Å². The van der Waals surface area contributed by atoms with Crippen LogP contribution in [0.4, 0.5) is 0 Å². The van der Waals surface area contributed by atoms with Gasteiger partial charge < -0.3 is 4.74 Å². The van der Waals surface area contributed by atoms with Gasteiger partial charge in [-0.1, -0.05) is 24.6 Å². The highest BCUT2D eigenvalue weighted by Gasteiger charge is 2.05. The van der Waals surface area contributed by atoms with E-state index in [0.717, 1.165) is 17.9 Å². The Bertz CT molecular complexity index is 487. The maximum atomic E-state index is 5.70. The van der Waals surface area contributed by atoms with E-state index in [1.807, 2.05) is 41.2 Å². The fourth-order valence-electron chi connectivity index (χ4n) is 1.68. The number of rotatable bonds is 5. The maximum absolute atomic E-state index is 5.70. The van der Waals surface area contributed by atoms with Gasteiger partial charge in [-0.2, -0.15) is 5.10 Å². The van der Waals surface area contributed by atoms with Crippen molar-refractivity contribution in [2.75, 3.05) is 0 Å². The van der Waals surface area contributed by atoms with E-state index in [-0.39, 0.29) is 0 Å². The number of hydrogen-bond donors (Lipinski definition) is 0. The molecule has 3 heteroatoms. The van der Waals surface area contributed by atoms with E-state index in [1.165, 1.54) is 5.56 Å². The number of hydrogen-bond acceptors (Lipinski definition) is 2. The minimum Gasteiger partial charge on any atom is -0.487 e. The van der Waals surface area contributed by atoms with E-state index in [4.69, 9.17) is 4.74 Å². The normalized spacial score (nSPS) is 12.4. The van der Waals surface area contributed by atoms with Crippen LogP contribution in [-0.2, 0) is 6.61 Å². The molecule has 0 amide bonds. The van der Waals surface area contributed by atoms with Crippen molar-refractivity contribution in [3.8, 4) is 5.75 Å². The van der Waals surface area contributed by atoms with Gasteiger partial charge in [0.15, 0.2) is 0 Å². The third-order valence-electron chi connectivity index (χ3n) is 3.11. The van der Waals surface area contributed by atoms with Crippen molar-refractivity contribution in [2.24, 2.45) is 0 Å². The lowest BCUT2D eigenvalue weighted by atomic mass is 10.2. The topological polar surface area (TPSA) is 27.1 Å². The smallest absolute Gasteiger partial charge is 0.132 e. The van der Waals surface area contributed by atoms with Gasteiger partial charge in [-0.05, 0) is 38.5 Å². The summed E-state index contributed by atoms with van der Waals surface area (Å²) in [5, 5.41) is 4.51. The Kier molecular flexibility index (Phi) is 4.03. The molecule has 0 spiro atoms. The molecule has 0 aliphatic carbocycles. The number of ether oxygens (including phenoxy) is 1. The van der Waals surface area contributed by atoms with Gasteiger partial charge in [0.1, 0.15) is 12.4 Å². The van der Waals surface area contributed by atoms with Crippen molar-refractivity contribution >= 4 is 0 Å². The standard InChI is InChI=1S/C15H20N2O/c1-4-13(3)17-10-9-14(16-17)11-18-15-7-5-12(2)6-8-15/h5-10,13H,4,11H2,1-3H3. The molecule has 0 saturated heterocycles. The predicted molar refractivity (Wildman–Crippen MR) is 72.7 cm³/mol. The van der Waals surface area contributed by atoms with Crippen molar-refractivity contribution < 1.29 is 4.74 Å². The fourth-order valence-corrected chi connectivity index (χ4v) is 1.68. The largest absolute Gasteiger partial charge is 0.487 e. The van der Waals surface area contributed by atoms with Crippen molar-refractivity contribution in [2.45, 2.75) is 39.8 Å². The number of nitrogens with zero attached hydrogens (tertiary/aromatic N) is 2. The first-order chi connectivity index (χ1) is 8.69. The molecule has 1 atom stereocenters. The van der Waals surface area contributed by atoms with Crippen LogP contribution < -0.4 is 4.74 Å². The molecular weight excluding hydrogens is 224 g/mol. The van der Waals surface area contributed by atoms with Crippen molar-refractivity contribution in [1.82, 2.24) is 9.78 Å². The molecule has 0 radical (unpaired) electrons. The molecule has 18 heavy (non-hydrogen) atoms. The Morgan fingerprint density at radius 1 is 1.22 bits per heavy atom. The van der Waals surface area contributed by atoms with Crippen LogP contribution in [0, 0.1) is 6.92 Å². The number of aryl methyl sites for hydroxylation is 1. The van der Waals surface area contributed by atoms with Gasteiger partial charge in [-0.15, -0.1) is 0 Å². The summed E-state index contributed by atoms with van der Waals surface area (Å²) in [6.45, 7) is 6.91. The van der Waals surface area contributed by atoms with E-state index in [2.05, 4.69) is 25.9 Å². The average molecular weight is 244 g/mol. The molecule has 0 saturated carbocycles. The van der Waals surface area contributed by atoms with Crippen LogP contribution in [0.3, 0.4) is 0 Å². The highest BCUT2D eigenvalue weighted by Crippen LogP contribution is 2.14. The Labute approximate surface area is 108 Å². The monoisotopic (exact) mass is 244 g/mol. The zero-order chi connectivity index (χ0) is 13.0. The Morgan fingerprint density at radius 3 is 2.61 bits per heavy atom. The minimum absolute atomic E-state index is 0.443. The summed E-state index contributed by atoms with van der Waals surface area (Å²) in [6.07, 6.45) is 3.10. The second kappa shape index (κ2) is 5.71. The van der Waals surface area contributed by atoms with Gasteiger partial charge in [-0.25, -0.2) is 0 Å².